The first-order chi connectivity index (χ1) is 12.6. The molecule has 1 saturated carbocycles. The summed E-state index contributed by atoms with van der Waals surface area (Å²) in [5.74, 6) is -0.253. The largest absolute Gasteiger partial charge is 0.468 e. The van der Waals surface area contributed by atoms with Crippen molar-refractivity contribution < 1.29 is 19.1 Å². The number of methoxy groups -OCH3 is 1. The molecular weight excluding hydrogens is 368 g/mol. The van der Waals surface area contributed by atoms with Crippen LogP contribution in [0.3, 0.4) is 0 Å². The standard InChI is InChI=1S/C20H29ClN2O4/c1-19(2,3)27-18(25)23-16(12-14-6-8-15(21)9-7-14)13-22-20(10-5-11-20)17(24)26-4/h6-9,16,22H,5,10-13H2,1-4H3,(H,23,25)/t16-/m0/s1. The van der Waals surface area contributed by atoms with Crippen LogP contribution in [0.2, 0.25) is 5.02 Å². The zero-order valence-corrected chi connectivity index (χ0v) is 17.2. The van der Waals surface area contributed by atoms with E-state index in [4.69, 9.17) is 21.1 Å². The number of halogens is 1. The highest BCUT2D eigenvalue weighted by atomic mass is 35.5. The SMILES string of the molecule is COC(=O)C1(NC[C@H](Cc2ccc(Cl)cc2)NC(=O)OC(C)(C)C)CCC1. The van der Waals surface area contributed by atoms with E-state index in [0.717, 1.165) is 24.8 Å². The summed E-state index contributed by atoms with van der Waals surface area (Å²) in [6, 6.07) is 7.23. The molecule has 0 spiro atoms. The van der Waals surface area contributed by atoms with Crippen molar-refractivity contribution in [3.8, 4) is 0 Å². The van der Waals surface area contributed by atoms with Crippen molar-refractivity contribution in [2.24, 2.45) is 0 Å². The van der Waals surface area contributed by atoms with E-state index < -0.39 is 17.2 Å². The molecule has 1 amide bonds. The number of nitrogens with one attached hydrogen (secondary N) is 2. The maximum absolute atomic E-state index is 12.2. The van der Waals surface area contributed by atoms with Crippen molar-refractivity contribution in [2.75, 3.05) is 13.7 Å². The van der Waals surface area contributed by atoms with Gasteiger partial charge in [0.2, 0.25) is 0 Å². The number of ether oxygens (including phenoxy) is 2. The Morgan fingerprint density at radius 1 is 1.22 bits per heavy atom. The summed E-state index contributed by atoms with van der Waals surface area (Å²) in [7, 11) is 1.40. The van der Waals surface area contributed by atoms with Crippen molar-refractivity contribution in [1.82, 2.24) is 10.6 Å². The molecule has 150 valence electrons. The van der Waals surface area contributed by atoms with E-state index >= 15 is 0 Å². The van der Waals surface area contributed by atoms with Gasteiger partial charge in [0.1, 0.15) is 11.1 Å². The minimum atomic E-state index is -0.650. The molecule has 0 aromatic heterocycles. The molecule has 1 aromatic carbocycles. The third-order valence-electron chi connectivity index (χ3n) is 4.59. The second-order valence-electron chi connectivity index (χ2n) is 7.98. The van der Waals surface area contributed by atoms with Gasteiger partial charge in [-0.1, -0.05) is 23.7 Å². The zero-order chi connectivity index (χ0) is 20.1. The van der Waals surface area contributed by atoms with E-state index in [1.165, 1.54) is 7.11 Å². The van der Waals surface area contributed by atoms with E-state index in [-0.39, 0.29) is 12.0 Å². The summed E-state index contributed by atoms with van der Waals surface area (Å²) in [6.07, 6.45) is 2.55. The number of benzene rings is 1. The normalized spacial score (nSPS) is 16.8. The number of hydrogen-bond acceptors (Lipinski definition) is 5. The van der Waals surface area contributed by atoms with Crippen LogP contribution in [0.25, 0.3) is 0 Å². The van der Waals surface area contributed by atoms with Gasteiger partial charge in [-0.2, -0.15) is 0 Å². The highest BCUT2D eigenvalue weighted by molar-refractivity contribution is 6.30. The number of carbonyl (C=O) groups is 2. The lowest BCUT2D eigenvalue weighted by molar-refractivity contribution is -0.152. The molecule has 1 fully saturated rings. The number of amides is 1. The molecule has 1 aliphatic carbocycles. The molecule has 27 heavy (non-hydrogen) atoms. The molecule has 0 radical (unpaired) electrons. The molecule has 0 aliphatic heterocycles. The molecular formula is C20H29ClN2O4. The molecule has 0 bridgehead atoms. The molecule has 1 atom stereocenters. The second-order valence-corrected chi connectivity index (χ2v) is 8.42. The van der Waals surface area contributed by atoms with Crippen molar-refractivity contribution in [1.29, 1.82) is 0 Å². The van der Waals surface area contributed by atoms with Gasteiger partial charge < -0.3 is 14.8 Å². The fourth-order valence-electron chi connectivity index (χ4n) is 3.05. The Bertz CT molecular complexity index is 651. The number of hydrogen-bond donors (Lipinski definition) is 2. The van der Waals surface area contributed by atoms with E-state index in [1.807, 2.05) is 45.0 Å². The zero-order valence-electron chi connectivity index (χ0n) is 16.4. The number of carbonyl (C=O) groups excluding carboxylic acids is 2. The smallest absolute Gasteiger partial charge is 0.407 e. The van der Waals surface area contributed by atoms with E-state index in [9.17, 15) is 9.59 Å². The van der Waals surface area contributed by atoms with Crippen molar-refractivity contribution in [2.45, 2.75) is 63.6 Å². The van der Waals surface area contributed by atoms with Gasteiger partial charge in [0.25, 0.3) is 0 Å². The molecule has 2 N–H and O–H groups in total. The molecule has 1 aliphatic rings. The predicted octanol–water partition coefficient (Wildman–Crippen LogP) is 3.46. The van der Waals surface area contributed by atoms with Gasteiger partial charge in [-0.25, -0.2) is 4.79 Å². The van der Waals surface area contributed by atoms with Crippen molar-refractivity contribution >= 4 is 23.7 Å². The van der Waals surface area contributed by atoms with Crippen LogP contribution in [0.5, 0.6) is 0 Å². The highest BCUT2D eigenvalue weighted by Crippen LogP contribution is 2.33. The monoisotopic (exact) mass is 396 g/mol. The van der Waals surface area contributed by atoms with E-state index in [0.29, 0.717) is 18.0 Å². The number of esters is 1. The van der Waals surface area contributed by atoms with Crippen LogP contribution in [0.15, 0.2) is 24.3 Å². The maximum atomic E-state index is 12.2. The molecule has 2 rings (SSSR count). The van der Waals surface area contributed by atoms with Crippen LogP contribution < -0.4 is 10.6 Å². The first-order valence-electron chi connectivity index (χ1n) is 9.21. The molecule has 1 aromatic rings. The van der Waals surface area contributed by atoms with Crippen LogP contribution in [-0.4, -0.2) is 42.9 Å². The van der Waals surface area contributed by atoms with Crippen LogP contribution in [-0.2, 0) is 20.7 Å². The summed E-state index contributed by atoms with van der Waals surface area (Å²) in [5, 5.41) is 6.88. The van der Waals surface area contributed by atoms with Gasteiger partial charge in [-0.3, -0.25) is 10.1 Å². The lowest BCUT2D eigenvalue weighted by Gasteiger charge is -2.40. The van der Waals surface area contributed by atoms with Crippen LogP contribution in [0.1, 0.15) is 45.6 Å². The fourth-order valence-corrected chi connectivity index (χ4v) is 3.18. The molecule has 7 heteroatoms. The van der Waals surface area contributed by atoms with Crippen molar-refractivity contribution in [3.05, 3.63) is 34.9 Å². The molecule has 0 saturated heterocycles. The maximum Gasteiger partial charge on any atom is 0.407 e. The Hall–Kier alpha value is -1.79. The summed E-state index contributed by atoms with van der Waals surface area (Å²) >= 11 is 5.95. The van der Waals surface area contributed by atoms with Crippen LogP contribution in [0.4, 0.5) is 4.79 Å². The Kier molecular flexibility index (Phi) is 7.12. The van der Waals surface area contributed by atoms with Gasteiger partial charge in [-0.15, -0.1) is 0 Å². The molecule has 6 nitrogen and oxygen atoms in total. The molecule has 0 heterocycles. The summed E-state index contributed by atoms with van der Waals surface area (Å²) in [5.41, 5.74) is -0.199. The summed E-state index contributed by atoms with van der Waals surface area (Å²) < 4.78 is 10.3. The summed E-state index contributed by atoms with van der Waals surface area (Å²) in [6.45, 7) is 5.88. The first kappa shape index (κ1) is 21.5. The molecule has 0 unspecified atom stereocenters. The average Bonchev–Trinajstić information content (AvgIpc) is 2.53. The van der Waals surface area contributed by atoms with Gasteiger partial charge in [0, 0.05) is 17.6 Å². The minimum absolute atomic E-state index is 0.247. The van der Waals surface area contributed by atoms with E-state index in [1.54, 1.807) is 0 Å². The van der Waals surface area contributed by atoms with Gasteiger partial charge in [0.15, 0.2) is 0 Å². The Morgan fingerprint density at radius 3 is 2.33 bits per heavy atom. The van der Waals surface area contributed by atoms with E-state index in [2.05, 4.69) is 10.6 Å². The van der Waals surface area contributed by atoms with Gasteiger partial charge >= 0.3 is 12.1 Å². The Balaban J connectivity index is 2.05. The second kappa shape index (κ2) is 8.93. The van der Waals surface area contributed by atoms with Gasteiger partial charge in [-0.05, 0) is 64.2 Å². The van der Waals surface area contributed by atoms with Crippen LogP contribution >= 0.6 is 11.6 Å². The minimum Gasteiger partial charge on any atom is -0.468 e. The summed E-state index contributed by atoms with van der Waals surface area (Å²) in [4.78, 5) is 24.4. The first-order valence-corrected chi connectivity index (χ1v) is 9.59. The quantitative estimate of drug-likeness (QED) is 0.690. The predicted molar refractivity (Wildman–Crippen MR) is 105 cm³/mol. The lowest BCUT2D eigenvalue weighted by Crippen LogP contribution is -2.60. The Labute approximate surface area is 165 Å². The van der Waals surface area contributed by atoms with Crippen molar-refractivity contribution in [3.63, 3.8) is 0 Å². The van der Waals surface area contributed by atoms with Crippen LogP contribution in [0, 0.1) is 0 Å². The van der Waals surface area contributed by atoms with Gasteiger partial charge in [0.05, 0.1) is 7.11 Å². The average molecular weight is 397 g/mol. The fraction of sp³-hybridized carbons (Fsp3) is 0.600. The number of alkyl carbamates (subject to hydrolysis) is 1. The third-order valence-corrected chi connectivity index (χ3v) is 4.84. The topological polar surface area (TPSA) is 76.7 Å². The third kappa shape index (κ3) is 6.40. The number of rotatable bonds is 7. The Morgan fingerprint density at radius 2 is 1.85 bits per heavy atom. The highest BCUT2D eigenvalue weighted by Gasteiger charge is 2.45. The lowest BCUT2D eigenvalue weighted by atomic mass is 9.76.